The monoisotopic (exact) mass is 620 g/mol. The predicted molar refractivity (Wildman–Crippen MR) is 157 cm³/mol. The van der Waals surface area contributed by atoms with Gasteiger partial charge in [0.2, 0.25) is 0 Å². The zero-order valence-electron chi connectivity index (χ0n) is 25.0. The van der Waals surface area contributed by atoms with Crippen LogP contribution in [0.1, 0.15) is 101 Å². The lowest BCUT2D eigenvalue weighted by Crippen LogP contribution is -2.25. The lowest BCUT2D eigenvalue weighted by molar-refractivity contribution is -0.185. The number of alkyl halides is 2. The molecule has 1 nitrogen and oxygen atoms in total. The Kier molecular flexibility index (Phi) is 10.3. The van der Waals surface area contributed by atoms with Crippen molar-refractivity contribution >= 4 is 0 Å². The van der Waals surface area contributed by atoms with Crippen LogP contribution in [0.2, 0.25) is 0 Å². The topological polar surface area (TPSA) is 9.23 Å². The van der Waals surface area contributed by atoms with Crippen LogP contribution in [0.5, 0.6) is 5.75 Å². The predicted octanol–water partition coefficient (Wildman–Crippen LogP) is 11.8. The van der Waals surface area contributed by atoms with E-state index in [0.717, 1.165) is 49.7 Å². The Morgan fingerprint density at radius 3 is 1.86 bits per heavy atom. The van der Waals surface area contributed by atoms with Crippen molar-refractivity contribution in [2.24, 2.45) is 17.8 Å². The Morgan fingerprint density at radius 1 is 0.682 bits per heavy atom. The van der Waals surface area contributed by atoms with Crippen LogP contribution in [0.3, 0.4) is 0 Å². The fourth-order valence-electron chi connectivity index (χ4n) is 7.27. The number of hydrogen-bond donors (Lipinski definition) is 0. The van der Waals surface area contributed by atoms with Gasteiger partial charge in [-0.1, -0.05) is 69.7 Å². The first-order valence-electron chi connectivity index (χ1n) is 15.9. The van der Waals surface area contributed by atoms with Crippen molar-refractivity contribution < 1.29 is 35.5 Å². The molecule has 0 N–H and O–H groups in total. The van der Waals surface area contributed by atoms with E-state index in [1.165, 1.54) is 69.6 Å². The Labute approximate surface area is 254 Å². The van der Waals surface area contributed by atoms with Gasteiger partial charge >= 0.3 is 6.11 Å². The summed E-state index contributed by atoms with van der Waals surface area (Å²) in [7, 11) is 0. The summed E-state index contributed by atoms with van der Waals surface area (Å²) in [5, 5.41) is 0. The number of benzene rings is 3. The molecule has 44 heavy (non-hydrogen) atoms. The van der Waals surface area contributed by atoms with Gasteiger partial charge in [0, 0.05) is 5.56 Å². The molecule has 238 valence electrons. The Morgan fingerprint density at radius 2 is 1.27 bits per heavy atom. The minimum absolute atomic E-state index is 0.0170. The molecular formula is C36H39F7O. The molecule has 2 aliphatic carbocycles. The van der Waals surface area contributed by atoms with Crippen LogP contribution in [0, 0.1) is 46.8 Å². The first-order chi connectivity index (χ1) is 21.1. The highest BCUT2D eigenvalue weighted by molar-refractivity contribution is 5.65. The quantitative estimate of drug-likeness (QED) is 0.124. The number of rotatable bonds is 10. The third-order valence-electron chi connectivity index (χ3n) is 9.83. The van der Waals surface area contributed by atoms with E-state index in [1.54, 1.807) is 6.07 Å². The third kappa shape index (κ3) is 7.26. The van der Waals surface area contributed by atoms with E-state index in [-0.39, 0.29) is 34.9 Å². The highest BCUT2D eigenvalue weighted by Gasteiger charge is 2.37. The standard InChI is InChI=1S/C36H39F7O/c1-2-3-4-5-22-6-8-23(9-7-22)24-10-12-25(13-11-24)29-18-19-30(34(40)33(29)39)26-14-16-28(17-15-26)44-36(42,43)27-20-31(37)35(41)32(38)21-27/h14-25H,2-13H2,1H3. The van der Waals surface area contributed by atoms with E-state index < -0.39 is 40.8 Å². The summed E-state index contributed by atoms with van der Waals surface area (Å²) in [4.78, 5) is 0. The van der Waals surface area contributed by atoms with E-state index in [1.807, 2.05) is 0 Å². The second-order valence-electron chi connectivity index (χ2n) is 12.6. The summed E-state index contributed by atoms with van der Waals surface area (Å²) in [6, 6.07) is 8.25. The molecule has 0 unspecified atom stereocenters. The molecule has 0 heterocycles. The molecule has 0 radical (unpaired) electrons. The summed E-state index contributed by atoms with van der Waals surface area (Å²) in [5.41, 5.74) is -0.600. The number of halogens is 7. The van der Waals surface area contributed by atoms with Crippen molar-refractivity contribution in [2.75, 3.05) is 0 Å². The number of unbranched alkanes of at least 4 members (excludes halogenated alkanes) is 2. The largest absolute Gasteiger partial charge is 0.429 e. The maximum atomic E-state index is 15.4. The zero-order valence-corrected chi connectivity index (χ0v) is 25.0. The van der Waals surface area contributed by atoms with Crippen molar-refractivity contribution in [1.82, 2.24) is 0 Å². The molecule has 0 aliphatic heterocycles. The van der Waals surface area contributed by atoms with Crippen LogP contribution in [0.4, 0.5) is 30.7 Å². The lowest BCUT2D eigenvalue weighted by Gasteiger charge is -2.38. The summed E-state index contributed by atoms with van der Waals surface area (Å²) in [6.07, 6.45) is 10.0. The zero-order chi connectivity index (χ0) is 31.4. The van der Waals surface area contributed by atoms with Crippen LogP contribution in [0.15, 0.2) is 48.5 Å². The molecule has 0 amide bonds. The second kappa shape index (κ2) is 13.9. The average molecular weight is 621 g/mol. The fourth-order valence-corrected chi connectivity index (χ4v) is 7.27. The van der Waals surface area contributed by atoms with Crippen LogP contribution in [0.25, 0.3) is 11.1 Å². The minimum Gasteiger partial charge on any atom is -0.429 e. The van der Waals surface area contributed by atoms with Crippen LogP contribution in [-0.2, 0) is 6.11 Å². The van der Waals surface area contributed by atoms with Gasteiger partial charge in [-0.3, -0.25) is 0 Å². The number of ether oxygens (including phenoxy) is 1. The van der Waals surface area contributed by atoms with Gasteiger partial charge in [0.15, 0.2) is 29.1 Å². The summed E-state index contributed by atoms with van der Waals surface area (Å²) >= 11 is 0. The van der Waals surface area contributed by atoms with Gasteiger partial charge < -0.3 is 4.74 Å². The first-order valence-corrected chi connectivity index (χ1v) is 15.9. The molecule has 0 aromatic heterocycles. The normalized spacial score (nSPS) is 22.6. The van der Waals surface area contributed by atoms with Crippen molar-refractivity contribution in [3.63, 3.8) is 0 Å². The highest BCUT2D eigenvalue weighted by atomic mass is 19.3. The summed E-state index contributed by atoms with van der Waals surface area (Å²) in [6.45, 7) is 2.24. The Hall–Kier alpha value is -3.03. The van der Waals surface area contributed by atoms with Crippen LogP contribution in [-0.4, -0.2) is 0 Å². The van der Waals surface area contributed by atoms with E-state index in [2.05, 4.69) is 11.7 Å². The van der Waals surface area contributed by atoms with E-state index in [9.17, 15) is 22.0 Å². The smallest absolute Gasteiger partial charge is 0.426 e. The second-order valence-corrected chi connectivity index (χ2v) is 12.6. The molecule has 2 aliphatic rings. The SMILES string of the molecule is CCCCCC1CCC(C2CCC(c3ccc(-c4ccc(OC(F)(F)c5cc(F)c(F)c(F)c5)cc4)c(F)c3F)CC2)CC1. The number of hydrogen-bond acceptors (Lipinski definition) is 1. The molecule has 3 aromatic carbocycles. The lowest BCUT2D eigenvalue weighted by atomic mass is 9.68. The van der Waals surface area contributed by atoms with Gasteiger partial charge in [-0.15, -0.1) is 0 Å². The van der Waals surface area contributed by atoms with Gasteiger partial charge in [0.05, 0.1) is 5.56 Å². The Bertz CT molecular complexity index is 1380. The highest BCUT2D eigenvalue weighted by Crippen LogP contribution is 2.45. The van der Waals surface area contributed by atoms with Gasteiger partial charge in [-0.05, 0) is 97.6 Å². The van der Waals surface area contributed by atoms with Gasteiger partial charge in [0.25, 0.3) is 0 Å². The molecule has 3 aromatic rings. The van der Waals surface area contributed by atoms with Crippen molar-refractivity contribution in [3.8, 4) is 16.9 Å². The molecule has 2 fully saturated rings. The third-order valence-corrected chi connectivity index (χ3v) is 9.83. The summed E-state index contributed by atoms with van der Waals surface area (Å²) < 4.78 is 104. The molecule has 5 rings (SSSR count). The average Bonchev–Trinajstić information content (AvgIpc) is 3.02. The van der Waals surface area contributed by atoms with Crippen molar-refractivity contribution in [2.45, 2.75) is 96.0 Å². The molecule has 0 bridgehead atoms. The maximum absolute atomic E-state index is 15.4. The molecule has 0 atom stereocenters. The van der Waals surface area contributed by atoms with Crippen molar-refractivity contribution in [3.05, 3.63) is 88.7 Å². The molecule has 0 saturated heterocycles. The maximum Gasteiger partial charge on any atom is 0.426 e. The molecular weight excluding hydrogens is 581 g/mol. The summed E-state index contributed by atoms with van der Waals surface area (Å²) in [5.74, 6) is -5.46. The van der Waals surface area contributed by atoms with Crippen LogP contribution < -0.4 is 4.74 Å². The Balaban J connectivity index is 1.19. The van der Waals surface area contributed by atoms with Gasteiger partial charge in [-0.2, -0.15) is 8.78 Å². The first kappa shape index (κ1) is 32.4. The van der Waals surface area contributed by atoms with Gasteiger partial charge in [0.1, 0.15) is 5.75 Å². The van der Waals surface area contributed by atoms with Crippen molar-refractivity contribution in [1.29, 1.82) is 0 Å². The minimum atomic E-state index is -4.18. The van der Waals surface area contributed by atoms with Crippen LogP contribution >= 0.6 is 0 Å². The van der Waals surface area contributed by atoms with Gasteiger partial charge in [-0.25, -0.2) is 22.0 Å². The molecule has 0 spiro atoms. The van der Waals surface area contributed by atoms with E-state index in [0.29, 0.717) is 11.5 Å². The van der Waals surface area contributed by atoms with E-state index in [4.69, 9.17) is 0 Å². The fraction of sp³-hybridized carbons (Fsp3) is 0.500. The molecule has 2 saturated carbocycles. The van der Waals surface area contributed by atoms with E-state index >= 15 is 8.78 Å². The molecule has 8 heteroatoms.